The Morgan fingerprint density at radius 1 is 1.17 bits per heavy atom. The molecule has 0 fully saturated rings. The van der Waals surface area contributed by atoms with Crippen LogP contribution in [0.4, 0.5) is 0 Å². The lowest BCUT2D eigenvalue weighted by atomic mass is 10.0. The summed E-state index contributed by atoms with van der Waals surface area (Å²) in [6.07, 6.45) is 2.62. The van der Waals surface area contributed by atoms with E-state index in [1.807, 2.05) is 13.8 Å². The van der Waals surface area contributed by atoms with E-state index in [2.05, 4.69) is 37.8 Å². The fourth-order valence-electron chi connectivity index (χ4n) is 2.11. The van der Waals surface area contributed by atoms with E-state index in [4.69, 9.17) is 9.47 Å². The first-order valence-corrected chi connectivity index (χ1v) is 8.11. The van der Waals surface area contributed by atoms with E-state index >= 15 is 0 Å². The van der Waals surface area contributed by atoms with Gasteiger partial charge in [0, 0.05) is 6.42 Å². The van der Waals surface area contributed by atoms with Crippen LogP contribution in [0.2, 0.25) is 0 Å². The second-order valence-corrected chi connectivity index (χ2v) is 6.96. The van der Waals surface area contributed by atoms with Gasteiger partial charge in [-0.15, -0.1) is 0 Å². The van der Waals surface area contributed by atoms with Gasteiger partial charge in [-0.3, -0.25) is 9.79 Å². The average molecular weight is 328 g/mol. The predicted molar refractivity (Wildman–Crippen MR) is 91.7 cm³/mol. The highest BCUT2D eigenvalue weighted by Gasteiger charge is 2.27. The zero-order chi connectivity index (χ0) is 18.1. The Morgan fingerprint density at radius 3 is 2.30 bits per heavy atom. The maximum absolute atomic E-state index is 12.0. The molecule has 1 atom stereocenters. The van der Waals surface area contributed by atoms with Crippen molar-refractivity contribution in [2.45, 2.75) is 78.0 Å². The summed E-state index contributed by atoms with van der Waals surface area (Å²) < 4.78 is 11.3. The Balaban J connectivity index is 4.31. The Morgan fingerprint density at radius 2 is 1.78 bits per heavy atom. The smallest absolute Gasteiger partial charge is 0.328 e. The van der Waals surface area contributed by atoms with Crippen LogP contribution in [0.1, 0.15) is 60.8 Å². The van der Waals surface area contributed by atoms with Gasteiger partial charge in [0.05, 0.1) is 12.2 Å². The largest absolute Gasteiger partial charge is 0.458 e. The average Bonchev–Trinajstić information content (AvgIpc) is 2.37. The molecule has 134 valence electrons. The number of nitrogens with zero attached hydrogens (tertiary/aromatic N) is 1. The van der Waals surface area contributed by atoms with Gasteiger partial charge in [0.15, 0.2) is 0 Å². The van der Waals surface area contributed by atoms with Crippen LogP contribution in [-0.4, -0.2) is 49.0 Å². The third-order valence-electron chi connectivity index (χ3n) is 3.41. The minimum atomic E-state index is -0.721. The minimum absolute atomic E-state index is 0.0681. The second kappa shape index (κ2) is 9.65. The van der Waals surface area contributed by atoms with Gasteiger partial charge in [-0.2, -0.15) is 0 Å². The van der Waals surface area contributed by atoms with Crippen molar-refractivity contribution < 1.29 is 19.1 Å². The molecule has 0 radical (unpaired) electrons. The van der Waals surface area contributed by atoms with Gasteiger partial charge in [0.25, 0.3) is 0 Å². The van der Waals surface area contributed by atoms with E-state index < -0.39 is 17.6 Å². The summed E-state index contributed by atoms with van der Waals surface area (Å²) >= 11 is 0. The van der Waals surface area contributed by atoms with Gasteiger partial charge >= 0.3 is 5.97 Å². The molecule has 0 saturated heterocycles. The number of nitrogens with one attached hydrogen (secondary N) is 1. The normalized spacial score (nSPS) is 13.3. The van der Waals surface area contributed by atoms with Crippen LogP contribution in [0, 0.1) is 0 Å². The summed E-state index contributed by atoms with van der Waals surface area (Å²) in [5.74, 6) is -0.827. The number of amides is 1. The van der Waals surface area contributed by atoms with Crippen LogP contribution >= 0.6 is 0 Å². The highest BCUT2D eigenvalue weighted by Crippen LogP contribution is 2.20. The molecular weight excluding hydrogens is 296 g/mol. The number of esters is 1. The van der Waals surface area contributed by atoms with Crippen molar-refractivity contribution >= 4 is 18.6 Å². The highest BCUT2D eigenvalue weighted by atomic mass is 16.6. The van der Waals surface area contributed by atoms with Gasteiger partial charge < -0.3 is 14.8 Å². The topological polar surface area (TPSA) is 77.0 Å². The number of rotatable bonds is 11. The molecule has 1 amide bonds. The molecule has 0 bridgehead atoms. The lowest BCUT2D eigenvalue weighted by Crippen LogP contribution is -2.44. The minimum Gasteiger partial charge on any atom is -0.458 e. The first-order valence-electron chi connectivity index (χ1n) is 8.11. The van der Waals surface area contributed by atoms with E-state index in [0.717, 1.165) is 12.8 Å². The molecule has 6 nitrogen and oxygen atoms in total. The van der Waals surface area contributed by atoms with Crippen molar-refractivity contribution in [2.24, 2.45) is 4.99 Å². The molecule has 0 aliphatic carbocycles. The molecule has 0 aliphatic heterocycles. The van der Waals surface area contributed by atoms with Crippen molar-refractivity contribution in [1.29, 1.82) is 0 Å². The highest BCUT2D eigenvalue weighted by molar-refractivity contribution is 5.85. The first kappa shape index (κ1) is 21.6. The van der Waals surface area contributed by atoms with Crippen LogP contribution in [0.15, 0.2) is 4.99 Å². The number of aliphatic imine (C=N–C) groups is 1. The van der Waals surface area contributed by atoms with Gasteiger partial charge in [-0.1, -0.05) is 13.3 Å². The standard InChI is InChI=1S/C17H32N2O4/c1-8-9-16(3,4)22-11-10-17(5,6)23-15(21)13(2)19-14(20)12-18-7/h13H,7-12H2,1-6H3,(H,19,20)/t13-/m0/s1. The molecule has 0 unspecified atom stereocenters. The van der Waals surface area contributed by atoms with Crippen LogP contribution in [-0.2, 0) is 19.1 Å². The lowest BCUT2D eigenvalue weighted by molar-refractivity contribution is -0.162. The van der Waals surface area contributed by atoms with Gasteiger partial charge in [0.1, 0.15) is 18.2 Å². The van der Waals surface area contributed by atoms with Gasteiger partial charge in [-0.25, -0.2) is 4.79 Å². The van der Waals surface area contributed by atoms with Crippen molar-refractivity contribution in [3.8, 4) is 0 Å². The summed E-state index contributed by atoms with van der Waals surface area (Å²) in [5.41, 5.74) is -0.831. The molecule has 0 heterocycles. The molecule has 0 aliphatic rings. The van der Waals surface area contributed by atoms with Crippen LogP contribution in [0.3, 0.4) is 0 Å². The van der Waals surface area contributed by atoms with E-state index in [9.17, 15) is 9.59 Å². The molecule has 0 aromatic carbocycles. The second-order valence-electron chi connectivity index (χ2n) is 6.96. The fraction of sp³-hybridized carbons (Fsp3) is 0.824. The van der Waals surface area contributed by atoms with Gasteiger partial charge in [-0.05, 0) is 47.8 Å². The third-order valence-corrected chi connectivity index (χ3v) is 3.41. The predicted octanol–water partition coefficient (Wildman–Crippen LogP) is 2.50. The van der Waals surface area contributed by atoms with E-state index in [1.165, 1.54) is 0 Å². The fourth-order valence-corrected chi connectivity index (χ4v) is 2.11. The molecular formula is C17H32N2O4. The summed E-state index contributed by atoms with van der Waals surface area (Å²) in [6, 6.07) is -0.721. The van der Waals surface area contributed by atoms with E-state index in [-0.39, 0.29) is 18.1 Å². The molecule has 0 aromatic rings. The maximum Gasteiger partial charge on any atom is 0.328 e. The Labute approximate surface area is 140 Å². The van der Waals surface area contributed by atoms with Crippen LogP contribution in [0.25, 0.3) is 0 Å². The monoisotopic (exact) mass is 328 g/mol. The summed E-state index contributed by atoms with van der Waals surface area (Å²) in [4.78, 5) is 26.9. The first-order chi connectivity index (χ1) is 10.5. The summed E-state index contributed by atoms with van der Waals surface area (Å²) in [7, 11) is 0. The Kier molecular flexibility index (Phi) is 9.05. The summed E-state index contributed by atoms with van der Waals surface area (Å²) in [6.45, 7) is 15.2. The van der Waals surface area contributed by atoms with Gasteiger partial charge in [0.2, 0.25) is 5.91 Å². The lowest BCUT2D eigenvalue weighted by Gasteiger charge is -2.30. The molecule has 0 rings (SSSR count). The maximum atomic E-state index is 12.0. The van der Waals surface area contributed by atoms with Crippen molar-refractivity contribution in [3.05, 3.63) is 0 Å². The molecule has 0 aromatic heterocycles. The zero-order valence-electron chi connectivity index (χ0n) is 15.4. The van der Waals surface area contributed by atoms with E-state index in [0.29, 0.717) is 13.0 Å². The Hall–Kier alpha value is -1.43. The quantitative estimate of drug-likeness (QED) is 0.467. The molecule has 1 N–H and O–H groups in total. The number of hydrogen-bond donors (Lipinski definition) is 1. The summed E-state index contributed by atoms with van der Waals surface area (Å²) in [5, 5.41) is 2.52. The van der Waals surface area contributed by atoms with Crippen molar-refractivity contribution in [1.82, 2.24) is 5.32 Å². The molecule has 23 heavy (non-hydrogen) atoms. The number of carbonyl (C=O) groups excluding carboxylic acids is 2. The zero-order valence-corrected chi connectivity index (χ0v) is 15.4. The van der Waals surface area contributed by atoms with Crippen LogP contribution < -0.4 is 5.32 Å². The van der Waals surface area contributed by atoms with Crippen molar-refractivity contribution in [3.63, 3.8) is 0 Å². The number of hydrogen-bond acceptors (Lipinski definition) is 5. The molecule has 0 spiro atoms. The number of ether oxygens (including phenoxy) is 2. The van der Waals surface area contributed by atoms with E-state index in [1.54, 1.807) is 6.92 Å². The third kappa shape index (κ3) is 10.0. The molecule has 0 saturated carbocycles. The Bertz CT molecular complexity index is 405. The van der Waals surface area contributed by atoms with Crippen LogP contribution in [0.5, 0.6) is 0 Å². The number of carbonyl (C=O) groups is 2. The SMILES string of the molecule is C=NCC(=O)N[C@@H](C)C(=O)OC(C)(C)CCOC(C)(C)CCC. The molecule has 6 heteroatoms. The van der Waals surface area contributed by atoms with Crippen molar-refractivity contribution in [2.75, 3.05) is 13.2 Å².